The molecule has 0 aliphatic carbocycles. The number of rotatable bonds is 15. The first-order valence-electron chi connectivity index (χ1n) is 9.30. The molecule has 0 radical (unpaired) electrons. The van der Waals surface area contributed by atoms with E-state index in [1.807, 2.05) is 0 Å². The van der Waals surface area contributed by atoms with Gasteiger partial charge < -0.3 is 49.1 Å². The number of nitrogens with zero attached hydrogens (tertiary/aromatic N) is 2. The third-order valence-corrected chi connectivity index (χ3v) is 3.61. The molecule has 0 aromatic rings. The molecule has 0 aromatic heterocycles. The standard InChI is InChI=1S/C10H18N4O6.C6H14N4O2/c11-10(12)13-3-1-2-5(8(17)18)14-6(9(19)20)4-7(15)16;7-4(5(11)12)2-1-3-10-6(8)9/h5-6,14H,1-4H2,(H,15,16)(H,17,18)(H,19,20)(H4,11,12,13);4H,1-3,7H2,(H,11,12)(H4,8,9,10)/t5-,6?;4-/m00/s1. The first-order chi connectivity index (χ1) is 14.8. The molecule has 15 N–H and O–H groups in total. The molecule has 3 atom stereocenters. The third kappa shape index (κ3) is 18.4. The molecule has 0 bridgehead atoms. The van der Waals surface area contributed by atoms with Crippen LogP contribution in [0, 0.1) is 0 Å². The van der Waals surface area contributed by atoms with Gasteiger partial charge in [-0.05, 0) is 25.7 Å². The lowest BCUT2D eigenvalue weighted by Crippen LogP contribution is -2.48. The van der Waals surface area contributed by atoms with E-state index in [1.165, 1.54) is 0 Å². The summed E-state index contributed by atoms with van der Waals surface area (Å²) in [5, 5.41) is 37.0. The number of guanidine groups is 2. The Balaban J connectivity index is 0. The van der Waals surface area contributed by atoms with Crippen molar-refractivity contribution in [3.05, 3.63) is 0 Å². The van der Waals surface area contributed by atoms with Crippen molar-refractivity contribution in [1.29, 1.82) is 0 Å². The average molecular weight is 464 g/mol. The van der Waals surface area contributed by atoms with Gasteiger partial charge in [-0.3, -0.25) is 34.5 Å². The van der Waals surface area contributed by atoms with E-state index in [-0.39, 0.29) is 24.9 Å². The number of hydrogen-bond donors (Lipinski definition) is 10. The predicted molar refractivity (Wildman–Crippen MR) is 114 cm³/mol. The highest BCUT2D eigenvalue weighted by atomic mass is 16.4. The Bertz CT molecular complexity index is 677. The van der Waals surface area contributed by atoms with Gasteiger partial charge in [0.1, 0.15) is 18.1 Å². The zero-order chi connectivity index (χ0) is 25.3. The summed E-state index contributed by atoms with van der Waals surface area (Å²) in [5.41, 5.74) is 25.5. The van der Waals surface area contributed by atoms with Crippen LogP contribution in [0.5, 0.6) is 0 Å². The molecular weight excluding hydrogens is 432 g/mol. The molecule has 0 rings (SSSR count). The average Bonchev–Trinajstić information content (AvgIpc) is 2.65. The minimum Gasteiger partial charge on any atom is -0.481 e. The Morgan fingerprint density at radius 1 is 0.719 bits per heavy atom. The highest BCUT2D eigenvalue weighted by molar-refractivity contribution is 5.82. The van der Waals surface area contributed by atoms with Gasteiger partial charge in [-0.25, -0.2) is 0 Å². The number of hydrogen-bond acceptors (Lipinski definition) is 8. The highest BCUT2D eigenvalue weighted by Crippen LogP contribution is 2.03. The zero-order valence-electron chi connectivity index (χ0n) is 17.4. The normalized spacial score (nSPS) is 12.8. The fourth-order valence-corrected chi connectivity index (χ4v) is 2.06. The molecule has 0 amide bonds. The van der Waals surface area contributed by atoms with Crippen LogP contribution >= 0.6 is 0 Å². The van der Waals surface area contributed by atoms with Gasteiger partial charge in [0.05, 0.1) is 6.42 Å². The van der Waals surface area contributed by atoms with Gasteiger partial charge in [-0.2, -0.15) is 0 Å². The van der Waals surface area contributed by atoms with Gasteiger partial charge >= 0.3 is 23.9 Å². The summed E-state index contributed by atoms with van der Waals surface area (Å²) in [5.74, 6) is -5.15. The van der Waals surface area contributed by atoms with Crippen molar-refractivity contribution >= 4 is 35.8 Å². The lowest BCUT2D eigenvalue weighted by molar-refractivity contribution is -0.147. The van der Waals surface area contributed by atoms with Crippen LogP contribution in [0.3, 0.4) is 0 Å². The molecule has 0 fully saturated rings. The summed E-state index contributed by atoms with van der Waals surface area (Å²) < 4.78 is 0. The molecule has 184 valence electrons. The first kappa shape index (κ1) is 30.5. The van der Waals surface area contributed by atoms with E-state index in [9.17, 15) is 19.2 Å². The summed E-state index contributed by atoms with van der Waals surface area (Å²) in [6.45, 7) is 0.619. The van der Waals surface area contributed by atoms with E-state index in [0.29, 0.717) is 25.8 Å². The fourth-order valence-electron chi connectivity index (χ4n) is 2.06. The number of nitrogens with two attached hydrogens (primary N) is 5. The Hall–Kier alpha value is -3.66. The van der Waals surface area contributed by atoms with Crippen LogP contribution in [0.25, 0.3) is 0 Å². The number of nitrogens with one attached hydrogen (secondary N) is 1. The maximum absolute atomic E-state index is 11.0. The fraction of sp³-hybridized carbons (Fsp3) is 0.625. The van der Waals surface area contributed by atoms with Crippen LogP contribution in [0.4, 0.5) is 0 Å². The molecule has 16 nitrogen and oxygen atoms in total. The summed E-state index contributed by atoms with van der Waals surface area (Å²) in [6, 6.07) is -3.49. The molecule has 16 heteroatoms. The summed E-state index contributed by atoms with van der Waals surface area (Å²) in [6.07, 6.45) is 0.612. The maximum atomic E-state index is 11.0. The quantitative estimate of drug-likeness (QED) is 0.0637. The van der Waals surface area contributed by atoms with E-state index in [4.69, 9.17) is 49.1 Å². The topological polar surface area (TPSA) is 316 Å². The number of aliphatic imine (C=N–C) groups is 2. The highest BCUT2D eigenvalue weighted by Gasteiger charge is 2.27. The number of carboxylic acid groups (broad SMARTS) is 4. The zero-order valence-corrected chi connectivity index (χ0v) is 17.4. The largest absolute Gasteiger partial charge is 0.481 e. The Labute approximate surface area is 183 Å². The molecule has 0 aromatic carbocycles. The second-order valence-corrected chi connectivity index (χ2v) is 6.39. The second-order valence-electron chi connectivity index (χ2n) is 6.39. The molecule has 0 aliphatic rings. The van der Waals surface area contributed by atoms with E-state index >= 15 is 0 Å². The van der Waals surface area contributed by atoms with Crippen LogP contribution in [0.15, 0.2) is 9.98 Å². The Morgan fingerprint density at radius 3 is 1.50 bits per heavy atom. The molecule has 0 heterocycles. The van der Waals surface area contributed by atoms with Gasteiger partial charge in [-0.1, -0.05) is 0 Å². The summed E-state index contributed by atoms with van der Waals surface area (Å²) in [4.78, 5) is 49.9. The van der Waals surface area contributed by atoms with Gasteiger partial charge in [0.25, 0.3) is 0 Å². The molecule has 32 heavy (non-hydrogen) atoms. The Kier molecular flexibility index (Phi) is 16.3. The summed E-state index contributed by atoms with van der Waals surface area (Å²) in [7, 11) is 0. The van der Waals surface area contributed by atoms with E-state index in [2.05, 4.69) is 15.3 Å². The van der Waals surface area contributed by atoms with Crippen LogP contribution in [0.1, 0.15) is 32.1 Å². The lowest BCUT2D eigenvalue weighted by atomic mass is 10.1. The molecule has 0 spiro atoms. The molecule has 1 unspecified atom stereocenters. The predicted octanol–water partition coefficient (Wildman–Crippen LogP) is -3.54. The van der Waals surface area contributed by atoms with Crippen molar-refractivity contribution in [2.24, 2.45) is 38.7 Å². The minimum absolute atomic E-state index is 0.0129. The van der Waals surface area contributed by atoms with Gasteiger partial charge in [-0.15, -0.1) is 0 Å². The van der Waals surface area contributed by atoms with Crippen molar-refractivity contribution in [3.8, 4) is 0 Å². The monoisotopic (exact) mass is 464 g/mol. The number of carboxylic acids is 4. The van der Waals surface area contributed by atoms with Crippen molar-refractivity contribution in [2.45, 2.75) is 50.2 Å². The van der Waals surface area contributed by atoms with Crippen molar-refractivity contribution in [2.75, 3.05) is 13.1 Å². The van der Waals surface area contributed by atoms with Crippen molar-refractivity contribution in [3.63, 3.8) is 0 Å². The molecule has 0 saturated carbocycles. The van der Waals surface area contributed by atoms with Gasteiger partial charge in [0.15, 0.2) is 11.9 Å². The van der Waals surface area contributed by atoms with Gasteiger partial charge in [0.2, 0.25) is 0 Å². The van der Waals surface area contributed by atoms with Crippen LogP contribution in [-0.2, 0) is 19.2 Å². The van der Waals surface area contributed by atoms with Gasteiger partial charge in [0, 0.05) is 13.1 Å². The smallest absolute Gasteiger partial charge is 0.321 e. The maximum Gasteiger partial charge on any atom is 0.321 e. The van der Waals surface area contributed by atoms with Crippen LogP contribution in [0.2, 0.25) is 0 Å². The van der Waals surface area contributed by atoms with E-state index in [0.717, 1.165) is 0 Å². The number of aliphatic carboxylic acids is 4. The summed E-state index contributed by atoms with van der Waals surface area (Å²) >= 11 is 0. The minimum atomic E-state index is -1.48. The van der Waals surface area contributed by atoms with Crippen molar-refractivity contribution in [1.82, 2.24) is 5.32 Å². The Morgan fingerprint density at radius 2 is 1.16 bits per heavy atom. The third-order valence-electron chi connectivity index (χ3n) is 3.61. The second kappa shape index (κ2) is 17.1. The van der Waals surface area contributed by atoms with Crippen LogP contribution in [-0.4, -0.2) is 87.4 Å². The molecular formula is C16H32N8O8. The van der Waals surface area contributed by atoms with E-state index < -0.39 is 48.4 Å². The molecule has 0 aliphatic heterocycles. The lowest BCUT2D eigenvalue weighted by Gasteiger charge is -2.18. The number of carbonyl (C=O) groups is 4. The molecule has 0 saturated heterocycles. The van der Waals surface area contributed by atoms with Crippen LogP contribution < -0.4 is 34.0 Å². The SMILES string of the molecule is NC(N)=NCCC[C@H](N)C(=O)O.NC(N)=NCCC[C@H](NC(CC(=O)O)C(=O)O)C(=O)O. The van der Waals surface area contributed by atoms with E-state index in [1.54, 1.807) is 0 Å². The van der Waals surface area contributed by atoms with Crippen molar-refractivity contribution < 1.29 is 39.6 Å². The first-order valence-corrected chi connectivity index (χ1v) is 9.30.